The molecule has 108 valence electrons. The van der Waals surface area contributed by atoms with Crippen molar-refractivity contribution in [2.24, 2.45) is 0 Å². The van der Waals surface area contributed by atoms with Gasteiger partial charge in [-0.1, -0.05) is 13.0 Å². The number of piperidine rings is 1. The van der Waals surface area contributed by atoms with Gasteiger partial charge in [0.25, 0.3) is 0 Å². The van der Waals surface area contributed by atoms with E-state index in [4.69, 9.17) is 0 Å². The van der Waals surface area contributed by atoms with Gasteiger partial charge in [-0.2, -0.15) is 0 Å². The Balaban J connectivity index is 2.08. The lowest BCUT2D eigenvalue weighted by atomic mass is 10.0. The van der Waals surface area contributed by atoms with Crippen molar-refractivity contribution in [3.63, 3.8) is 0 Å². The van der Waals surface area contributed by atoms with Crippen LogP contribution in [0.25, 0.3) is 0 Å². The summed E-state index contributed by atoms with van der Waals surface area (Å²) < 4.78 is 13.2. The van der Waals surface area contributed by atoms with Crippen LogP contribution in [0.2, 0.25) is 0 Å². The van der Waals surface area contributed by atoms with E-state index in [0.717, 1.165) is 12.8 Å². The quantitative estimate of drug-likeness (QED) is 0.918. The lowest BCUT2D eigenvalue weighted by molar-refractivity contribution is -0.128. The van der Waals surface area contributed by atoms with Crippen molar-refractivity contribution in [3.05, 3.63) is 30.1 Å². The summed E-state index contributed by atoms with van der Waals surface area (Å²) in [6.45, 7) is 2.48. The molecule has 1 saturated heterocycles. The van der Waals surface area contributed by atoms with Gasteiger partial charge in [-0.25, -0.2) is 4.39 Å². The molecule has 0 spiro atoms. The van der Waals surface area contributed by atoms with E-state index in [2.05, 4.69) is 5.32 Å². The van der Waals surface area contributed by atoms with E-state index in [1.165, 1.54) is 12.1 Å². The van der Waals surface area contributed by atoms with E-state index in [-0.39, 0.29) is 17.6 Å². The first-order valence-corrected chi connectivity index (χ1v) is 6.98. The molecule has 0 bridgehead atoms. The number of benzene rings is 1. The molecule has 1 atom stereocenters. The Kier molecular flexibility index (Phi) is 4.71. The number of carbonyl (C=O) groups is 2. The van der Waals surface area contributed by atoms with E-state index in [1.807, 2.05) is 6.92 Å². The zero-order valence-electron chi connectivity index (χ0n) is 11.6. The summed E-state index contributed by atoms with van der Waals surface area (Å²) in [7, 11) is 0. The maximum absolute atomic E-state index is 13.2. The van der Waals surface area contributed by atoms with Crippen LogP contribution in [0.1, 0.15) is 32.6 Å². The average Bonchev–Trinajstić information content (AvgIpc) is 2.41. The molecule has 1 aromatic carbocycles. The third-order valence-corrected chi connectivity index (χ3v) is 3.37. The summed E-state index contributed by atoms with van der Waals surface area (Å²) in [4.78, 5) is 25.5. The second-order valence-corrected chi connectivity index (χ2v) is 4.98. The van der Waals surface area contributed by atoms with Gasteiger partial charge in [0.05, 0.1) is 0 Å². The molecule has 0 aromatic heterocycles. The van der Waals surface area contributed by atoms with Crippen LogP contribution in [0.5, 0.6) is 0 Å². The van der Waals surface area contributed by atoms with Crippen LogP contribution in [-0.4, -0.2) is 24.4 Å². The Labute approximate surface area is 118 Å². The van der Waals surface area contributed by atoms with Crippen molar-refractivity contribution in [2.75, 3.05) is 11.4 Å². The second kappa shape index (κ2) is 6.50. The number of amides is 2. The summed E-state index contributed by atoms with van der Waals surface area (Å²) in [5, 5.41) is 2.76. The Morgan fingerprint density at radius 3 is 3.00 bits per heavy atom. The predicted octanol–water partition coefficient (Wildman–Crippen LogP) is 2.24. The van der Waals surface area contributed by atoms with Crippen molar-refractivity contribution in [1.82, 2.24) is 5.32 Å². The fourth-order valence-electron chi connectivity index (χ4n) is 2.40. The summed E-state index contributed by atoms with van der Waals surface area (Å²) in [5.41, 5.74) is 0.546. The van der Waals surface area contributed by atoms with Gasteiger partial charge in [-0.05, 0) is 37.5 Å². The van der Waals surface area contributed by atoms with Crippen LogP contribution in [0.3, 0.4) is 0 Å². The van der Waals surface area contributed by atoms with E-state index in [0.29, 0.717) is 25.1 Å². The van der Waals surface area contributed by atoms with Gasteiger partial charge >= 0.3 is 0 Å². The Morgan fingerprint density at radius 2 is 2.30 bits per heavy atom. The standard InChI is InChI=1S/C15H19FN2O2/c1-2-5-14(19)17-13-8-4-9-18(15(13)20)12-7-3-6-11(16)10-12/h3,6-7,10,13H,2,4-5,8-9H2,1H3,(H,17,19)/t13-/m1/s1. The van der Waals surface area contributed by atoms with Crippen LogP contribution in [0.15, 0.2) is 24.3 Å². The molecule has 0 saturated carbocycles. The van der Waals surface area contributed by atoms with Crippen molar-refractivity contribution < 1.29 is 14.0 Å². The minimum Gasteiger partial charge on any atom is -0.344 e. The Bertz CT molecular complexity index is 504. The number of carbonyl (C=O) groups excluding carboxylic acids is 2. The maximum atomic E-state index is 13.2. The number of halogens is 1. The highest BCUT2D eigenvalue weighted by Gasteiger charge is 2.30. The topological polar surface area (TPSA) is 49.4 Å². The van der Waals surface area contributed by atoms with E-state index < -0.39 is 6.04 Å². The van der Waals surface area contributed by atoms with Gasteiger partial charge in [0.15, 0.2) is 0 Å². The third-order valence-electron chi connectivity index (χ3n) is 3.37. The monoisotopic (exact) mass is 278 g/mol. The molecule has 0 unspecified atom stereocenters. The zero-order chi connectivity index (χ0) is 14.5. The average molecular weight is 278 g/mol. The lowest BCUT2D eigenvalue weighted by Crippen LogP contribution is -2.52. The number of rotatable bonds is 4. The highest BCUT2D eigenvalue weighted by Crippen LogP contribution is 2.21. The minimum absolute atomic E-state index is 0.105. The van der Waals surface area contributed by atoms with E-state index in [1.54, 1.807) is 17.0 Å². The summed E-state index contributed by atoms with van der Waals surface area (Å²) >= 11 is 0. The minimum atomic E-state index is -0.494. The molecule has 1 aliphatic heterocycles. The molecule has 0 aliphatic carbocycles. The number of anilines is 1. The molecule has 1 fully saturated rings. The zero-order valence-corrected chi connectivity index (χ0v) is 11.6. The fraction of sp³-hybridized carbons (Fsp3) is 0.467. The normalized spacial score (nSPS) is 19.0. The first-order chi connectivity index (χ1) is 9.61. The predicted molar refractivity (Wildman–Crippen MR) is 74.8 cm³/mol. The summed E-state index contributed by atoms with van der Waals surface area (Å²) in [6, 6.07) is 5.48. The third kappa shape index (κ3) is 3.35. The van der Waals surface area contributed by atoms with Gasteiger partial charge in [-0.15, -0.1) is 0 Å². The van der Waals surface area contributed by atoms with E-state index in [9.17, 15) is 14.0 Å². The highest BCUT2D eigenvalue weighted by molar-refractivity contribution is 5.99. The lowest BCUT2D eigenvalue weighted by Gasteiger charge is -2.32. The molecule has 0 radical (unpaired) electrons. The Morgan fingerprint density at radius 1 is 1.50 bits per heavy atom. The molecular formula is C15H19FN2O2. The smallest absolute Gasteiger partial charge is 0.249 e. The van der Waals surface area contributed by atoms with Crippen molar-refractivity contribution in [2.45, 2.75) is 38.6 Å². The molecule has 5 heteroatoms. The fourth-order valence-corrected chi connectivity index (χ4v) is 2.40. The van der Waals surface area contributed by atoms with Crippen LogP contribution < -0.4 is 10.2 Å². The molecule has 1 aliphatic rings. The van der Waals surface area contributed by atoms with Gasteiger partial charge < -0.3 is 10.2 Å². The molecular weight excluding hydrogens is 259 g/mol. The SMILES string of the molecule is CCCC(=O)N[C@@H]1CCCN(c2cccc(F)c2)C1=O. The number of hydrogen-bond acceptors (Lipinski definition) is 2. The van der Waals surface area contributed by atoms with Crippen molar-refractivity contribution >= 4 is 17.5 Å². The molecule has 2 amide bonds. The molecule has 1 aromatic rings. The van der Waals surface area contributed by atoms with E-state index >= 15 is 0 Å². The molecule has 1 N–H and O–H groups in total. The molecule has 4 nitrogen and oxygen atoms in total. The highest BCUT2D eigenvalue weighted by atomic mass is 19.1. The first-order valence-electron chi connectivity index (χ1n) is 6.98. The van der Waals surface area contributed by atoms with Crippen LogP contribution in [0.4, 0.5) is 10.1 Å². The van der Waals surface area contributed by atoms with Crippen LogP contribution in [0, 0.1) is 5.82 Å². The van der Waals surface area contributed by atoms with Crippen LogP contribution >= 0.6 is 0 Å². The van der Waals surface area contributed by atoms with Crippen molar-refractivity contribution in [3.8, 4) is 0 Å². The maximum Gasteiger partial charge on any atom is 0.249 e. The first kappa shape index (κ1) is 14.5. The molecule has 2 rings (SSSR count). The van der Waals surface area contributed by atoms with Crippen LogP contribution in [-0.2, 0) is 9.59 Å². The molecule has 20 heavy (non-hydrogen) atoms. The van der Waals surface area contributed by atoms with Crippen molar-refractivity contribution in [1.29, 1.82) is 0 Å². The van der Waals surface area contributed by atoms with Gasteiger partial charge in [0, 0.05) is 18.7 Å². The Hall–Kier alpha value is -1.91. The molecule has 1 heterocycles. The van der Waals surface area contributed by atoms with Gasteiger partial charge in [-0.3, -0.25) is 9.59 Å². The number of nitrogens with one attached hydrogen (secondary N) is 1. The summed E-state index contributed by atoms with van der Waals surface area (Å²) in [5.74, 6) is -0.634. The van der Waals surface area contributed by atoms with Gasteiger partial charge in [0.2, 0.25) is 11.8 Å². The number of nitrogens with zero attached hydrogens (tertiary/aromatic N) is 1. The summed E-state index contributed by atoms with van der Waals surface area (Å²) in [6.07, 6.45) is 2.60. The number of hydrogen-bond donors (Lipinski definition) is 1. The second-order valence-electron chi connectivity index (χ2n) is 4.98. The van der Waals surface area contributed by atoms with Gasteiger partial charge in [0.1, 0.15) is 11.9 Å². The largest absolute Gasteiger partial charge is 0.344 e.